The highest BCUT2D eigenvalue weighted by Crippen LogP contribution is 2.31. The van der Waals surface area contributed by atoms with Crippen molar-refractivity contribution < 1.29 is 9.53 Å². The van der Waals surface area contributed by atoms with Gasteiger partial charge in [-0.25, -0.2) is 9.97 Å². The van der Waals surface area contributed by atoms with Gasteiger partial charge in [-0.15, -0.1) is 0 Å². The Bertz CT molecular complexity index is 1080. The molecule has 124 valence electrons. The smallest absolute Gasteiger partial charge is 0.316 e. The minimum atomic E-state index is -0.0859. The van der Waals surface area contributed by atoms with E-state index in [1.165, 1.54) is 6.92 Å². The molecule has 0 spiro atoms. The van der Waals surface area contributed by atoms with E-state index in [4.69, 9.17) is 4.74 Å². The van der Waals surface area contributed by atoms with Gasteiger partial charge in [-0.2, -0.15) is 0 Å². The Hall–Kier alpha value is -3.41. The highest BCUT2D eigenvalue weighted by Gasteiger charge is 2.08. The Labute approximate surface area is 143 Å². The van der Waals surface area contributed by atoms with Gasteiger partial charge < -0.3 is 15.0 Å². The molecule has 0 radical (unpaired) electrons. The van der Waals surface area contributed by atoms with E-state index in [0.29, 0.717) is 6.01 Å². The number of hydrogen-bond donors (Lipinski definition) is 2. The van der Waals surface area contributed by atoms with E-state index < -0.39 is 0 Å². The van der Waals surface area contributed by atoms with Crippen LogP contribution in [0.4, 0.5) is 5.69 Å². The summed E-state index contributed by atoms with van der Waals surface area (Å²) in [5.74, 6) is -0.0859. The lowest BCUT2D eigenvalue weighted by Crippen LogP contribution is -2.05. The number of nitrogens with zero attached hydrogens (tertiary/aromatic N) is 2. The van der Waals surface area contributed by atoms with Gasteiger partial charge in [-0.3, -0.25) is 4.79 Å². The maximum atomic E-state index is 11.2. The maximum Gasteiger partial charge on any atom is 0.316 e. The topological polar surface area (TPSA) is 79.9 Å². The second-order valence-corrected chi connectivity index (χ2v) is 5.79. The van der Waals surface area contributed by atoms with Crippen molar-refractivity contribution in [2.75, 3.05) is 12.4 Å². The van der Waals surface area contributed by atoms with Gasteiger partial charge in [0.2, 0.25) is 5.91 Å². The molecule has 0 atom stereocenters. The van der Waals surface area contributed by atoms with Crippen LogP contribution >= 0.6 is 0 Å². The van der Waals surface area contributed by atoms with E-state index in [1.807, 2.05) is 30.3 Å². The quantitative estimate of drug-likeness (QED) is 0.599. The number of fused-ring (bicyclic) bond motifs is 3. The van der Waals surface area contributed by atoms with Gasteiger partial charge in [-0.05, 0) is 29.8 Å². The van der Waals surface area contributed by atoms with Crippen LogP contribution in [0, 0.1) is 0 Å². The normalized spacial score (nSPS) is 11.0. The summed E-state index contributed by atoms with van der Waals surface area (Å²) in [5, 5.41) is 5.01. The summed E-state index contributed by atoms with van der Waals surface area (Å²) in [6, 6.07) is 12.4. The Balaban J connectivity index is 1.81. The second kappa shape index (κ2) is 5.90. The molecule has 0 fully saturated rings. The number of carbonyl (C=O) groups is 1. The van der Waals surface area contributed by atoms with E-state index in [-0.39, 0.29) is 5.91 Å². The van der Waals surface area contributed by atoms with Crippen LogP contribution in [-0.4, -0.2) is 28.0 Å². The fraction of sp³-hybridized carbons (Fsp3) is 0.105. The van der Waals surface area contributed by atoms with Crippen molar-refractivity contribution in [2.24, 2.45) is 0 Å². The average molecular weight is 332 g/mol. The van der Waals surface area contributed by atoms with E-state index in [2.05, 4.69) is 26.3 Å². The Morgan fingerprint density at radius 2 is 1.80 bits per heavy atom. The average Bonchev–Trinajstić information content (AvgIpc) is 2.98. The molecule has 2 N–H and O–H groups in total. The van der Waals surface area contributed by atoms with Crippen LogP contribution in [0.2, 0.25) is 0 Å². The van der Waals surface area contributed by atoms with Gasteiger partial charge >= 0.3 is 6.01 Å². The number of aromatic nitrogens is 3. The molecule has 0 saturated heterocycles. The van der Waals surface area contributed by atoms with Gasteiger partial charge in [0.1, 0.15) is 0 Å². The largest absolute Gasteiger partial charge is 0.467 e. The summed E-state index contributed by atoms with van der Waals surface area (Å²) < 4.78 is 5.00. The number of methoxy groups -OCH3 is 1. The van der Waals surface area contributed by atoms with E-state index in [1.54, 1.807) is 19.5 Å². The van der Waals surface area contributed by atoms with Crippen molar-refractivity contribution in [2.45, 2.75) is 6.92 Å². The van der Waals surface area contributed by atoms with Gasteiger partial charge in [0.15, 0.2) is 0 Å². The molecule has 25 heavy (non-hydrogen) atoms. The molecule has 6 heteroatoms. The van der Waals surface area contributed by atoms with Crippen LogP contribution in [0.3, 0.4) is 0 Å². The fourth-order valence-electron chi connectivity index (χ4n) is 2.93. The molecule has 0 saturated carbocycles. The summed E-state index contributed by atoms with van der Waals surface area (Å²) in [6.45, 7) is 1.50. The molecule has 0 unspecified atom stereocenters. The number of benzene rings is 2. The fourth-order valence-corrected chi connectivity index (χ4v) is 2.93. The molecule has 0 aliphatic heterocycles. The lowest BCUT2D eigenvalue weighted by molar-refractivity contribution is -0.114. The van der Waals surface area contributed by atoms with Crippen molar-refractivity contribution in [1.82, 2.24) is 15.0 Å². The highest BCUT2D eigenvalue weighted by molar-refractivity contribution is 6.09. The maximum absolute atomic E-state index is 11.2. The summed E-state index contributed by atoms with van der Waals surface area (Å²) >= 11 is 0. The van der Waals surface area contributed by atoms with E-state index in [0.717, 1.165) is 38.6 Å². The summed E-state index contributed by atoms with van der Waals surface area (Å²) in [6.07, 6.45) is 3.49. The number of hydrogen-bond acceptors (Lipinski definition) is 4. The van der Waals surface area contributed by atoms with Crippen molar-refractivity contribution in [3.8, 4) is 17.1 Å². The van der Waals surface area contributed by atoms with E-state index in [9.17, 15) is 4.79 Å². The lowest BCUT2D eigenvalue weighted by Gasteiger charge is -2.03. The van der Waals surface area contributed by atoms with Gasteiger partial charge in [0.25, 0.3) is 0 Å². The van der Waals surface area contributed by atoms with Crippen molar-refractivity contribution in [1.29, 1.82) is 0 Å². The van der Waals surface area contributed by atoms with Crippen LogP contribution in [0.1, 0.15) is 6.92 Å². The Kier molecular flexibility index (Phi) is 3.57. The van der Waals surface area contributed by atoms with Crippen molar-refractivity contribution >= 4 is 33.4 Å². The molecule has 6 nitrogen and oxygen atoms in total. The molecule has 4 aromatic rings. The van der Waals surface area contributed by atoms with Gasteiger partial charge in [0.05, 0.1) is 7.11 Å². The van der Waals surface area contributed by atoms with Crippen LogP contribution < -0.4 is 10.1 Å². The minimum absolute atomic E-state index is 0.0859. The van der Waals surface area contributed by atoms with Gasteiger partial charge in [0, 0.05) is 52.4 Å². The highest BCUT2D eigenvalue weighted by atomic mass is 16.5. The number of nitrogens with one attached hydrogen (secondary N) is 2. The first-order valence-electron chi connectivity index (χ1n) is 7.83. The third kappa shape index (κ3) is 2.78. The molecule has 4 rings (SSSR count). The standard InChI is InChI=1S/C19H16N4O2/c1-11(24)22-14-4-5-15-16-7-12(3-6-17(16)23-18(15)8-14)13-9-20-19(25-2)21-10-13/h3-10,23H,1-2H3,(H,22,24). The third-order valence-corrected chi connectivity index (χ3v) is 4.06. The molecule has 0 bridgehead atoms. The zero-order chi connectivity index (χ0) is 17.4. The molecular weight excluding hydrogens is 316 g/mol. The summed E-state index contributed by atoms with van der Waals surface area (Å²) in [4.78, 5) is 22.9. The molecule has 2 aromatic heterocycles. The molecule has 0 aliphatic carbocycles. The van der Waals surface area contributed by atoms with Crippen molar-refractivity contribution in [3.05, 3.63) is 48.8 Å². The van der Waals surface area contributed by atoms with Crippen LogP contribution in [-0.2, 0) is 4.79 Å². The molecule has 2 aromatic carbocycles. The first kappa shape index (κ1) is 15.1. The minimum Gasteiger partial charge on any atom is -0.467 e. The van der Waals surface area contributed by atoms with E-state index >= 15 is 0 Å². The summed E-state index contributed by atoms with van der Waals surface area (Å²) in [5.41, 5.74) is 4.74. The number of ether oxygens (including phenoxy) is 1. The zero-order valence-corrected chi connectivity index (χ0v) is 13.8. The third-order valence-electron chi connectivity index (χ3n) is 4.06. The number of aromatic amines is 1. The number of rotatable bonds is 3. The molecule has 0 aliphatic rings. The first-order valence-corrected chi connectivity index (χ1v) is 7.83. The molecular formula is C19H16N4O2. The number of anilines is 1. The number of H-pyrrole nitrogens is 1. The SMILES string of the molecule is COc1ncc(-c2ccc3[nH]c4cc(NC(C)=O)ccc4c3c2)cn1. The Morgan fingerprint density at radius 1 is 1.00 bits per heavy atom. The Morgan fingerprint density at radius 3 is 2.52 bits per heavy atom. The predicted molar refractivity (Wildman–Crippen MR) is 97.7 cm³/mol. The number of carbonyl (C=O) groups excluding carboxylic acids is 1. The van der Waals surface area contributed by atoms with Crippen molar-refractivity contribution in [3.63, 3.8) is 0 Å². The summed E-state index contributed by atoms with van der Waals surface area (Å²) in [7, 11) is 1.54. The predicted octanol–water partition coefficient (Wildman–Crippen LogP) is 3.75. The molecule has 1 amide bonds. The number of amides is 1. The second-order valence-electron chi connectivity index (χ2n) is 5.79. The van der Waals surface area contributed by atoms with Gasteiger partial charge in [-0.1, -0.05) is 12.1 Å². The first-order chi connectivity index (χ1) is 12.1. The zero-order valence-electron chi connectivity index (χ0n) is 13.8. The van der Waals surface area contributed by atoms with Crippen LogP contribution in [0.5, 0.6) is 6.01 Å². The van der Waals surface area contributed by atoms with Crippen LogP contribution in [0.15, 0.2) is 48.8 Å². The molecule has 2 heterocycles. The lowest BCUT2D eigenvalue weighted by atomic mass is 10.1. The monoisotopic (exact) mass is 332 g/mol. The van der Waals surface area contributed by atoms with Crippen LogP contribution in [0.25, 0.3) is 32.9 Å².